The molecule has 4 heteroatoms. The fraction of sp³-hybridized carbons (Fsp3) is 0.421. The highest BCUT2D eigenvalue weighted by Gasteiger charge is 2.11. The highest BCUT2D eigenvalue weighted by molar-refractivity contribution is 6.58. The quantitative estimate of drug-likeness (QED) is 0.552. The third kappa shape index (κ3) is 5.81. The molecule has 1 aromatic carbocycles. The zero-order valence-corrected chi connectivity index (χ0v) is 13.9. The van der Waals surface area contributed by atoms with Gasteiger partial charge in [0, 0.05) is 17.2 Å². The summed E-state index contributed by atoms with van der Waals surface area (Å²) in [6.07, 6.45) is 10.6. The van der Waals surface area contributed by atoms with Crippen LogP contribution in [-0.2, 0) is 6.42 Å². The smallest absolute Gasteiger partial charge is 0.423 e. The highest BCUT2D eigenvalue weighted by Crippen LogP contribution is 2.18. The van der Waals surface area contributed by atoms with E-state index in [-0.39, 0.29) is 0 Å². The van der Waals surface area contributed by atoms with Crippen LogP contribution in [0.5, 0.6) is 0 Å². The molecule has 0 amide bonds. The number of hydrogen-bond acceptors (Lipinski definition) is 3. The van der Waals surface area contributed by atoms with Crippen LogP contribution < -0.4 is 5.46 Å². The molecule has 23 heavy (non-hydrogen) atoms. The molecule has 1 heterocycles. The van der Waals surface area contributed by atoms with Crippen molar-refractivity contribution in [1.82, 2.24) is 4.98 Å². The van der Waals surface area contributed by atoms with Crippen LogP contribution in [0.25, 0.3) is 11.3 Å². The second-order valence-electron chi connectivity index (χ2n) is 6.07. The number of benzene rings is 1. The number of unbranched alkanes of at least 4 members (excludes halogenated alkanes) is 5. The van der Waals surface area contributed by atoms with E-state index in [1.807, 2.05) is 6.07 Å². The van der Waals surface area contributed by atoms with Crippen LogP contribution in [0.2, 0.25) is 0 Å². The highest BCUT2D eigenvalue weighted by atomic mass is 16.4. The molecule has 122 valence electrons. The van der Waals surface area contributed by atoms with Crippen molar-refractivity contribution in [2.45, 2.75) is 51.9 Å². The zero-order chi connectivity index (χ0) is 16.5. The first-order valence-electron chi connectivity index (χ1n) is 8.62. The summed E-state index contributed by atoms with van der Waals surface area (Å²) in [6.45, 7) is 2.25. The molecule has 2 rings (SSSR count). The largest absolute Gasteiger partial charge is 0.490 e. The molecule has 1 aromatic heterocycles. The van der Waals surface area contributed by atoms with Crippen molar-refractivity contribution >= 4 is 12.6 Å². The second kappa shape index (κ2) is 9.48. The number of nitrogens with zero attached hydrogens (tertiary/aromatic N) is 1. The third-order valence-corrected chi connectivity index (χ3v) is 4.15. The Balaban J connectivity index is 1.84. The molecule has 0 unspecified atom stereocenters. The van der Waals surface area contributed by atoms with Crippen molar-refractivity contribution in [2.75, 3.05) is 0 Å². The lowest BCUT2D eigenvalue weighted by atomic mass is 9.81. The Morgan fingerprint density at radius 1 is 0.870 bits per heavy atom. The Labute approximate surface area is 139 Å². The van der Waals surface area contributed by atoms with Crippen LogP contribution in [0, 0.1) is 0 Å². The molecule has 2 aromatic rings. The normalized spacial score (nSPS) is 10.7. The van der Waals surface area contributed by atoms with Gasteiger partial charge in [0.15, 0.2) is 0 Å². The molecule has 0 saturated carbocycles. The predicted molar refractivity (Wildman–Crippen MR) is 96.6 cm³/mol. The van der Waals surface area contributed by atoms with Crippen molar-refractivity contribution in [3.8, 4) is 11.3 Å². The van der Waals surface area contributed by atoms with Gasteiger partial charge in [0.1, 0.15) is 0 Å². The summed E-state index contributed by atoms with van der Waals surface area (Å²) in [6, 6.07) is 12.0. The molecule has 3 nitrogen and oxygen atoms in total. The molecule has 0 aliphatic heterocycles. The Kier molecular flexibility index (Phi) is 7.30. The first kappa shape index (κ1) is 17.7. The van der Waals surface area contributed by atoms with Crippen molar-refractivity contribution in [1.29, 1.82) is 0 Å². The molecular formula is C19H26BNO2. The maximum Gasteiger partial charge on any atom is 0.490 e. The topological polar surface area (TPSA) is 53.4 Å². The monoisotopic (exact) mass is 311 g/mol. The molecule has 0 spiro atoms. The summed E-state index contributed by atoms with van der Waals surface area (Å²) in [7, 11) is -1.46. The van der Waals surface area contributed by atoms with Crippen LogP contribution in [0.15, 0.2) is 42.6 Å². The number of aromatic nitrogens is 1. The van der Waals surface area contributed by atoms with E-state index in [2.05, 4.69) is 36.2 Å². The van der Waals surface area contributed by atoms with Gasteiger partial charge in [-0.3, -0.25) is 4.98 Å². The second-order valence-corrected chi connectivity index (χ2v) is 6.07. The number of aryl methyl sites for hydroxylation is 1. The molecule has 0 aliphatic rings. The summed E-state index contributed by atoms with van der Waals surface area (Å²) >= 11 is 0. The van der Waals surface area contributed by atoms with E-state index in [4.69, 9.17) is 10.0 Å². The minimum atomic E-state index is -1.46. The molecule has 0 aliphatic carbocycles. The lowest BCUT2D eigenvalue weighted by Crippen LogP contribution is -2.29. The van der Waals surface area contributed by atoms with Crippen molar-refractivity contribution in [3.05, 3.63) is 48.2 Å². The van der Waals surface area contributed by atoms with Gasteiger partial charge in [0.05, 0.1) is 5.69 Å². The molecule has 0 atom stereocenters. The molecule has 2 N–H and O–H groups in total. The first-order valence-corrected chi connectivity index (χ1v) is 8.62. The summed E-state index contributed by atoms with van der Waals surface area (Å²) < 4.78 is 0. The fourth-order valence-corrected chi connectivity index (χ4v) is 2.68. The Morgan fingerprint density at radius 2 is 1.57 bits per heavy atom. The lowest BCUT2D eigenvalue weighted by molar-refractivity contribution is 0.425. The average molecular weight is 311 g/mol. The zero-order valence-electron chi connectivity index (χ0n) is 13.9. The summed E-state index contributed by atoms with van der Waals surface area (Å²) in [5.74, 6) is 0. The van der Waals surface area contributed by atoms with Gasteiger partial charge in [0.25, 0.3) is 0 Å². The maximum atomic E-state index is 9.09. The van der Waals surface area contributed by atoms with Crippen molar-refractivity contribution in [2.24, 2.45) is 0 Å². The van der Waals surface area contributed by atoms with E-state index >= 15 is 0 Å². The molecule has 0 bridgehead atoms. The van der Waals surface area contributed by atoms with Gasteiger partial charge in [-0.1, -0.05) is 69.4 Å². The third-order valence-electron chi connectivity index (χ3n) is 4.15. The molecule has 0 saturated heterocycles. The van der Waals surface area contributed by atoms with Crippen molar-refractivity contribution < 1.29 is 10.0 Å². The van der Waals surface area contributed by atoms with Gasteiger partial charge < -0.3 is 10.0 Å². The lowest BCUT2D eigenvalue weighted by Gasteiger charge is -2.05. The average Bonchev–Trinajstić information content (AvgIpc) is 2.58. The van der Waals surface area contributed by atoms with Gasteiger partial charge >= 0.3 is 7.12 Å². The first-order chi connectivity index (χ1) is 11.2. The van der Waals surface area contributed by atoms with E-state index in [1.165, 1.54) is 50.3 Å². The van der Waals surface area contributed by atoms with Gasteiger partial charge in [-0.25, -0.2) is 0 Å². The summed E-state index contributed by atoms with van der Waals surface area (Å²) in [5.41, 5.74) is 3.68. The predicted octanol–water partition coefficient (Wildman–Crippen LogP) is 3.33. The van der Waals surface area contributed by atoms with E-state index in [1.54, 1.807) is 6.07 Å². The van der Waals surface area contributed by atoms with E-state index in [0.29, 0.717) is 5.46 Å². The minimum absolute atomic E-state index is 0.411. The Morgan fingerprint density at radius 3 is 2.17 bits per heavy atom. The summed E-state index contributed by atoms with van der Waals surface area (Å²) in [5, 5.41) is 18.2. The summed E-state index contributed by atoms with van der Waals surface area (Å²) in [4.78, 5) is 4.28. The van der Waals surface area contributed by atoms with Crippen molar-refractivity contribution in [3.63, 3.8) is 0 Å². The van der Waals surface area contributed by atoms with Crippen LogP contribution in [-0.4, -0.2) is 22.2 Å². The van der Waals surface area contributed by atoms with Crippen LogP contribution in [0.1, 0.15) is 51.0 Å². The van der Waals surface area contributed by atoms with E-state index in [0.717, 1.165) is 17.7 Å². The van der Waals surface area contributed by atoms with Crippen LogP contribution in [0.4, 0.5) is 0 Å². The molecule has 0 fully saturated rings. The van der Waals surface area contributed by atoms with Gasteiger partial charge in [-0.05, 0) is 24.5 Å². The standard InChI is InChI=1S/C19H26BNO2/c1-2-3-4-5-6-7-8-16-9-11-17(12-10-16)19-14-13-18(15-21-19)20(22)23/h9-15,22-23H,2-8H2,1H3. The molecule has 0 radical (unpaired) electrons. The van der Waals surface area contributed by atoms with Gasteiger partial charge in [0.2, 0.25) is 0 Å². The SMILES string of the molecule is CCCCCCCCc1ccc(-c2ccc(B(O)O)cn2)cc1. The Bertz CT molecular complexity index is 567. The van der Waals surface area contributed by atoms with E-state index in [9.17, 15) is 0 Å². The van der Waals surface area contributed by atoms with Crippen LogP contribution in [0.3, 0.4) is 0 Å². The number of hydrogen-bond donors (Lipinski definition) is 2. The maximum absolute atomic E-state index is 9.09. The number of rotatable bonds is 9. The van der Waals surface area contributed by atoms with Gasteiger partial charge in [-0.15, -0.1) is 0 Å². The van der Waals surface area contributed by atoms with E-state index < -0.39 is 7.12 Å². The molecular weight excluding hydrogens is 285 g/mol. The fourth-order valence-electron chi connectivity index (χ4n) is 2.68. The van der Waals surface area contributed by atoms with Crippen LogP contribution >= 0.6 is 0 Å². The number of pyridine rings is 1. The minimum Gasteiger partial charge on any atom is -0.423 e. The Hall–Kier alpha value is -1.65. The van der Waals surface area contributed by atoms with Gasteiger partial charge in [-0.2, -0.15) is 0 Å².